The molecular formula is C59H40N4. The molecule has 11 aromatic rings. The van der Waals surface area contributed by atoms with Crippen LogP contribution in [0, 0.1) is 0 Å². The number of hydrogen-bond donors (Lipinski definition) is 0. The zero-order chi connectivity index (χ0) is 41.7. The van der Waals surface area contributed by atoms with Gasteiger partial charge in [-0.15, -0.1) is 0 Å². The summed E-state index contributed by atoms with van der Waals surface area (Å²) in [6, 6.07) is 73.4. The SMILES string of the molecule is C1=CC(c2cc(-c3ccccc3)nc(-c3cc(-c4cccc(-n5c6ccccc6c6ccccc65)c4)cc(-c4ccccc4)n3)c2)=CC(n2c3ccccc3c3ccccc32)=CC1. The second kappa shape index (κ2) is 15.3. The van der Waals surface area contributed by atoms with Crippen LogP contribution in [-0.2, 0) is 0 Å². The summed E-state index contributed by atoms with van der Waals surface area (Å²) in [5.41, 5.74) is 16.9. The molecule has 0 spiro atoms. The minimum Gasteiger partial charge on any atom is -0.310 e. The lowest BCUT2D eigenvalue weighted by molar-refractivity contribution is 1.18. The van der Waals surface area contributed by atoms with Gasteiger partial charge in [-0.2, -0.15) is 0 Å². The number of rotatable bonds is 7. The molecule has 0 radical (unpaired) electrons. The van der Waals surface area contributed by atoms with Gasteiger partial charge in [-0.3, -0.25) is 0 Å². The van der Waals surface area contributed by atoms with Crippen LogP contribution >= 0.6 is 0 Å². The molecule has 0 saturated carbocycles. The topological polar surface area (TPSA) is 35.6 Å². The van der Waals surface area contributed by atoms with Gasteiger partial charge >= 0.3 is 0 Å². The Morgan fingerprint density at radius 2 is 0.794 bits per heavy atom. The number of pyridine rings is 2. The molecule has 1 aliphatic rings. The summed E-state index contributed by atoms with van der Waals surface area (Å²) in [6.45, 7) is 0. The molecule has 0 atom stereocenters. The van der Waals surface area contributed by atoms with Crippen molar-refractivity contribution in [3.8, 4) is 50.7 Å². The molecule has 1 aliphatic carbocycles. The van der Waals surface area contributed by atoms with Gasteiger partial charge in [0.1, 0.15) is 0 Å². The van der Waals surface area contributed by atoms with Crippen LogP contribution in [0.5, 0.6) is 0 Å². The average Bonchev–Trinajstić information content (AvgIpc) is 3.76. The van der Waals surface area contributed by atoms with Gasteiger partial charge in [0.05, 0.1) is 44.8 Å². The van der Waals surface area contributed by atoms with Crippen LogP contribution in [0.4, 0.5) is 0 Å². The highest BCUT2D eigenvalue weighted by atomic mass is 15.0. The molecule has 4 nitrogen and oxygen atoms in total. The third-order valence-electron chi connectivity index (χ3n) is 12.3. The number of aromatic nitrogens is 4. The quantitative estimate of drug-likeness (QED) is 0.161. The van der Waals surface area contributed by atoms with E-state index in [0.29, 0.717) is 0 Å². The van der Waals surface area contributed by atoms with Gasteiger partial charge in [0.25, 0.3) is 0 Å². The van der Waals surface area contributed by atoms with E-state index in [0.717, 1.165) is 74.0 Å². The summed E-state index contributed by atoms with van der Waals surface area (Å²) in [5.74, 6) is 0. The molecular weight excluding hydrogens is 765 g/mol. The predicted molar refractivity (Wildman–Crippen MR) is 264 cm³/mol. The minimum absolute atomic E-state index is 0.809. The van der Waals surface area contributed by atoms with Crippen LogP contribution < -0.4 is 0 Å². The van der Waals surface area contributed by atoms with Crippen LogP contribution in [-0.4, -0.2) is 19.1 Å². The number of nitrogens with zero attached hydrogens (tertiary/aromatic N) is 4. The van der Waals surface area contributed by atoms with Gasteiger partial charge in [0.2, 0.25) is 0 Å². The van der Waals surface area contributed by atoms with Crippen molar-refractivity contribution in [3.05, 3.63) is 236 Å². The average molecular weight is 805 g/mol. The summed E-state index contributed by atoms with van der Waals surface area (Å²) in [7, 11) is 0. The standard InChI is InChI=1S/C59H40N4/c1-3-18-40(19-4-1)52-36-44(42-22-7-8-24-46(34-42)62-56-30-13-9-26-48(56)49-27-10-14-31-57(49)62)38-54(60-52)55-39-45(37-53(61-55)41-20-5-2-6-21-41)43-23-17-25-47(35-43)63-58-32-15-11-28-50(58)51-29-12-16-33-59(51)63/h1-7,9-39H,8H2. The van der Waals surface area contributed by atoms with Crippen molar-refractivity contribution in [1.82, 2.24) is 19.1 Å². The van der Waals surface area contributed by atoms with Gasteiger partial charge in [0, 0.05) is 44.1 Å². The number of allylic oxidation sites excluding steroid dienone is 6. The fourth-order valence-electron chi connectivity index (χ4n) is 9.38. The van der Waals surface area contributed by atoms with E-state index < -0.39 is 0 Å². The second-order valence-electron chi connectivity index (χ2n) is 16.1. The molecule has 0 saturated heterocycles. The van der Waals surface area contributed by atoms with Crippen LogP contribution in [0.3, 0.4) is 0 Å². The fourth-order valence-corrected chi connectivity index (χ4v) is 9.38. The maximum atomic E-state index is 5.40. The third kappa shape index (κ3) is 6.48. The number of hydrogen-bond acceptors (Lipinski definition) is 2. The van der Waals surface area contributed by atoms with Gasteiger partial charge < -0.3 is 9.13 Å². The first-order valence-electron chi connectivity index (χ1n) is 21.6. The molecule has 0 aliphatic heterocycles. The normalized spacial score (nSPS) is 12.8. The van der Waals surface area contributed by atoms with E-state index in [4.69, 9.17) is 9.97 Å². The Hall–Kier alpha value is -8.34. The Labute approximate surface area is 365 Å². The Kier molecular flexibility index (Phi) is 8.86. The minimum atomic E-state index is 0.809. The Balaban J connectivity index is 1.04. The zero-order valence-electron chi connectivity index (χ0n) is 34.4. The first-order valence-corrected chi connectivity index (χ1v) is 21.6. The first-order chi connectivity index (χ1) is 31.2. The highest BCUT2D eigenvalue weighted by molar-refractivity contribution is 6.11. The van der Waals surface area contributed by atoms with E-state index >= 15 is 0 Å². The maximum absolute atomic E-state index is 5.40. The molecule has 12 rings (SSSR count). The van der Waals surface area contributed by atoms with Gasteiger partial charge in [-0.05, 0) is 95.4 Å². The molecule has 0 bridgehead atoms. The third-order valence-corrected chi connectivity index (χ3v) is 12.3. The fraction of sp³-hybridized carbons (Fsp3) is 0.0169. The van der Waals surface area contributed by atoms with E-state index in [9.17, 15) is 0 Å². The Morgan fingerprint density at radius 3 is 1.35 bits per heavy atom. The van der Waals surface area contributed by atoms with Gasteiger partial charge in [-0.25, -0.2) is 9.97 Å². The van der Waals surface area contributed by atoms with Crippen molar-refractivity contribution in [2.75, 3.05) is 0 Å². The number of benzene rings is 7. The molecule has 7 aromatic carbocycles. The van der Waals surface area contributed by atoms with Crippen LogP contribution in [0.2, 0.25) is 0 Å². The summed E-state index contributed by atoms with van der Waals surface area (Å²) in [5, 5.41) is 4.99. The van der Waals surface area contributed by atoms with Crippen LogP contribution in [0.15, 0.2) is 231 Å². The Bertz CT molecular complexity index is 3530. The molecule has 63 heavy (non-hydrogen) atoms. The summed E-state index contributed by atoms with van der Waals surface area (Å²) in [4.78, 5) is 10.8. The number of fused-ring (bicyclic) bond motifs is 6. The first kappa shape index (κ1) is 36.5. The predicted octanol–water partition coefficient (Wildman–Crippen LogP) is 15.2. The van der Waals surface area contributed by atoms with Crippen molar-refractivity contribution in [1.29, 1.82) is 0 Å². The highest BCUT2D eigenvalue weighted by Crippen LogP contribution is 2.38. The molecule has 296 valence electrons. The van der Waals surface area contributed by atoms with Crippen molar-refractivity contribution in [3.63, 3.8) is 0 Å². The van der Waals surface area contributed by atoms with Gasteiger partial charge in [0.15, 0.2) is 0 Å². The van der Waals surface area contributed by atoms with E-state index in [1.165, 1.54) is 43.6 Å². The molecule has 4 heteroatoms. The molecule has 4 aromatic heterocycles. The zero-order valence-corrected chi connectivity index (χ0v) is 34.4. The van der Waals surface area contributed by atoms with Crippen molar-refractivity contribution < 1.29 is 0 Å². The maximum Gasteiger partial charge on any atom is 0.0900 e. The largest absolute Gasteiger partial charge is 0.310 e. The van der Waals surface area contributed by atoms with E-state index in [1.54, 1.807) is 0 Å². The lowest BCUT2D eigenvalue weighted by Crippen LogP contribution is -1.98. The van der Waals surface area contributed by atoms with Crippen LogP contribution in [0.25, 0.3) is 106 Å². The summed E-state index contributed by atoms with van der Waals surface area (Å²) < 4.78 is 4.78. The number of para-hydroxylation sites is 4. The summed E-state index contributed by atoms with van der Waals surface area (Å²) in [6.07, 6.45) is 9.98. The van der Waals surface area contributed by atoms with Crippen molar-refractivity contribution in [2.45, 2.75) is 6.42 Å². The lowest BCUT2D eigenvalue weighted by atomic mass is 9.98. The molecule has 0 amide bonds. The molecule has 4 heterocycles. The monoisotopic (exact) mass is 804 g/mol. The van der Waals surface area contributed by atoms with Crippen molar-refractivity contribution in [2.24, 2.45) is 0 Å². The van der Waals surface area contributed by atoms with Crippen LogP contribution in [0.1, 0.15) is 12.0 Å². The Morgan fingerprint density at radius 1 is 0.349 bits per heavy atom. The second-order valence-corrected chi connectivity index (χ2v) is 16.1. The molecule has 0 fully saturated rings. The smallest absolute Gasteiger partial charge is 0.0900 e. The van der Waals surface area contributed by atoms with E-state index in [1.807, 2.05) is 0 Å². The van der Waals surface area contributed by atoms with Gasteiger partial charge in [-0.1, -0.05) is 164 Å². The highest BCUT2D eigenvalue weighted by Gasteiger charge is 2.18. The summed E-state index contributed by atoms with van der Waals surface area (Å²) >= 11 is 0. The lowest BCUT2D eigenvalue weighted by Gasteiger charge is -2.15. The van der Waals surface area contributed by atoms with E-state index in [-0.39, 0.29) is 0 Å². The molecule has 0 unspecified atom stereocenters. The molecule has 0 N–H and O–H groups in total. The van der Waals surface area contributed by atoms with Crippen molar-refractivity contribution >= 4 is 54.9 Å². The van der Waals surface area contributed by atoms with E-state index in [2.05, 4.69) is 240 Å².